The minimum Gasteiger partial charge on any atom is -0.464 e. The van der Waals surface area contributed by atoms with E-state index >= 15 is 0 Å². The molecule has 0 aromatic rings. The Bertz CT molecular complexity index is 1060. The van der Waals surface area contributed by atoms with E-state index in [4.69, 9.17) is 9.47 Å². The lowest BCUT2D eigenvalue weighted by molar-refractivity contribution is -0.146. The summed E-state index contributed by atoms with van der Waals surface area (Å²) in [5.74, 6) is -0.208. The quantitative estimate of drug-likeness (QED) is 0.0452. The van der Waals surface area contributed by atoms with Gasteiger partial charge in [0, 0.05) is 64.2 Å². The first-order valence-electron chi connectivity index (χ1n) is 30.7. The number of aliphatic hydroxyl groups excluding tert-OH is 2. The zero-order chi connectivity index (χ0) is 51.1. The van der Waals surface area contributed by atoms with Crippen LogP contribution >= 0.6 is 0 Å². The van der Waals surface area contributed by atoms with Gasteiger partial charge in [0.05, 0.1) is 12.2 Å². The normalized spacial score (nSPS) is 16.7. The van der Waals surface area contributed by atoms with Crippen molar-refractivity contribution in [3.63, 3.8) is 0 Å². The maximum atomic E-state index is 12.8. The summed E-state index contributed by atoms with van der Waals surface area (Å²) < 4.78 is 11.5. The lowest BCUT2D eigenvalue weighted by Gasteiger charge is -2.44. The number of aliphatic hydroxyl groups is 2. The summed E-state index contributed by atoms with van der Waals surface area (Å²) in [4.78, 5) is 35.3. The second-order valence-corrected chi connectivity index (χ2v) is 22.0. The van der Waals surface area contributed by atoms with Gasteiger partial charge in [0.1, 0.15) is 13.2 Å². The molecule has 1 aliphatic rings. The topological polar surface area (TPSA) is 106 Å². The third-order valence-electron chi connectivity index (χ3n) is 15.1. The van der Waals surface area contributed by atoms with Crippen molar-refractivity contribution in [1.29, 1.82) is 0 Å². The van der Waals surface area contributed by atoms with Crippen LogP contribution in [0.1, 0.15) is 273 Å². The molecule has 0 aromatic carbocycles. The van der Waals surface area contributed by atoms with Crippen LogP contribution in [0.5, 0.6) is 0 Å². The summed E-state index contributed by atoms with van der Waals surface area (Å²) in [6, 6.07) is 0.652. The van der Waals surface area contributed by atoms with Crippen molar-refractivity contribution in [1.82, 2.24) is 19.6 Å². The van der Waals surface area contributed by atoms with Crippen molar-refractivity contribution in [2.24, 2.45) is 0 Å². The third kappa shape index (κ3) is 40.1. The molecule has 1 fully saturated rings. The highest BCUT2D eigenvalue weighted by molar-refractivity contribution is 5.69. The molecule has 0 bridgehead atoms. The Morgan fingerprint density at radius 2 is 0.700 bits per heavy atom. The van der Waals surface area contributed by atoms with Gasteiger partial charge in [-0.05, 0) is 91.4 Å². The van der Waals surface area contributed by atoms with Gasteiger partial charge < -0.3 is 29.5 Å². The number of esters is 2. The van der Waals surface area contributed by atoms with Crippen LogP contribution in [0.2, 0.25) is 0 Å². The van der Waals surface area contributed by atoms with Crippen LogP contribution in [0.3, 0.4) is 0 Å². The predicted molar refractivity (Wildman–Crippen MR) is 298 cm³/mol. The van der Waals surface area contributed by atoms with E-state index in [1.54, 1.807) is 0 Å². The molecular weight excluding hydrogens is 873 g/mol. The number of unbranched alkanes of at least 4 members (excludes halogenated alkanes) is 26. The van der Waals surface area contributed by atoms with Gasteiger partial charge in [-0.1, -0.05) is 195 Å². The van der Waals surface area contributed by atoms with E-state index in [9.17, 15) is 19.8 Å². The van der Waals surface area contributed by atoms with Crippen LogP contribution in [0.25, 0.3) is 0 Å². The van der Waals surface area contributed by atoms with Crippen molar-refractivity contribution >= 4 is 11.9 Å². The predicted octanol–water partition coefficient (Wildman–Crippen LogP) is 13.9. The van der Waals surface area contributed by atoms with Crippen LogP contribution in [0.4, 0.5) is 0 Å². The number of nitrogens with zero attached hydrogens (tertiary/aromatic N) is 4. The smallest absolute Gasteiger partial charge is 0.305 e. The van der Waals surface area contributed by atoms with Gasteiger partial charge in [0.15, 0.2) is 0 Å². The lowest BCUT2D eigenvalue weighted by atomic mass is 10.1. The van der Waals surface area contributed by atoms with Gasteiger partial charge in [-0.25, -0.2) is 0 Å². The fourth-order valence-corrected chi connectivity index (χ4v) is 10.4. The number of piperazine rings is 1. The fraction of sp³-hybridized carbons (Fsp3) is 0.967. The zero-order valence-corrected chi connectivity index (χ0v) is 47.6. The molecule has 0 amide bonds. The number of hydrogen-bond acceptors (Lipinski definition) is 10. The monoisotopic (exact) mass is 993 g/mol. The molecular formula is C60H120N4O6. The summed E-state index contributed by atoms with van der Waals surface area (Å²) in [5.41, 5.74) is 0. The molecule has 2 N–H and O–H groups in total. The van der Waals surface area contributed by atoms with E-state index in [2.05, 4.69) is 61.1 Å². The molecule has 4 unspecified atom stereocenters. The molecule has 0 radical (unpaired) electrons. The summed E-state index contributed by atoms with van der Waals surface area (Å²) in [5, 5.41) is 21.8. The van der Waals surface area contributed by atoms with Gasteiger partial charge >= 0.3 is 11.9 Å². The molecule has 10 nitrogen and oxygen atoms in total. The summed E-state index contributed by atoms with van der Waals surface area (Å²) in [7, 11) is 0. The van der Waals surface area contributed by atoms with E-state index in [0.717, 1.165) is 117 Å². The van der Waals surface area contributed by atoms with E-state index in [-0.39, 0.29) is 24.1 Å². The van der Waals surface area contributed by atoms with Gasteiger partial charge in [-0.15, -0.1) is 0 Å². The molecule has 1 aliphatic heterocycles. The Morgan fingerprint density at radius 1 is 0.429 bits per heavy atom. The molecule has 0 aliphatic carbocycles. The number of carbonyl (C=O) groups is 2. The minimum atomic E-state index is -0.266. The van der Waals surface area contributed by atoms with Gasteiger partial charge in [-0.2, -0.15) is 0 Å². The van der Waals surface area contributed by atoms with Crippen LogP contribution in [0.15, 0.2) is 0 Å². The van der Waals surface area contributed by atoms with E-state index in [0.29, 0.717) is 38.1 Å². The molecule has 0 aromatic heterocycles. The lowest BCUT2D eigenvalue weighted by Crippen LogP contribution is -2.57. The molecule has 0 saturated carbocycles. The summed E-state index contributed by atoms with van der Waals surface area (Å²) >= 11 is 0. The van der Waals surface area contributed by atoms with E-state index < -0.39 is 0 Å². The number of carbonyl (C=O) groups excluding carboxylic acids is 2. The molecule has 4 atom stereocenters. The van der Waals surface area contributed by atoms with E-state index in [1.807, 2.05) is 0 Å². The largest absolute Gasteiger partial charge is 0.464 e. The number of ether oxygens (including phenoxy) is 2. The maximum Gasteiger partial charge on any atom is 0.305 e. The first kappa shape index (κ1) is 66.7. The third-order valence-corrected chi connectivity index (χ3v) is 15.1. The molecule has 1 rings (SSSR count). The average molecular weight is 994 g/mol. The second kappa shape index (κ2) is 48.6. The zero-order valence-electron chi connectivity index (χ0n) is 47.6. The Hall–Kier alpha value is -1.30. The number of rotatable bonds is 52. The molecule has 416 valence electrons. The maximum absolute atomic E-state index is 12.8. The molecule has 1 heterocycles. The molecule has 1 saturated heterocycles. The Morgan fingerprint density at radius 3 is 1.01 bits per heavy atom. The van der Waals surface area contributed by atoms with Crippen LogP contribution in [-0.4, -0.2) is 145 Å². The van der Waals surface area contributed by atoms with Crippen LogP contribution in [-0.2, 0) is 19.1 Å². The molecule has 0 spiro atoms. The Labute approximate surface area is 434 Å². The van der Waals surface area contributed by atoms with Crippen molar-refractivity contribution in [3.05, 3.63) is 0 Å². The standard InChI is InChI=1S/C60H120N4O6/c1-7-11-15-19-23-25-29-35-43-61(53-57(65)39-31-27-21-17-13-9-3)45-37-33-41-59(67)69-49-47-63-51-56(6)64(52-55(63)5)48-50-70-60(68)42-34-38-46-62(44-36-30-26-24-20-16-12-8-2)54-58(66)40-32-28-22-18-14-10-4/h55-58,65-66H,7-54H2,1-6H3. The first-order valence-corrected chi connectivity index (χ1v) is 30.7. The summed E-state index contributed by atoms with van der Waals surface area (Å²) in [6.07, 6.45) is 41.6. The highest BCUT2D eigenvalue weighted by atomic mass is 16.5. The Kier molecular flexibility index (Phi) is 46.3. The van der Waals surface area contributed by atoms with Crippen molar-refractivity contribution in [3.8, 4) is 0 Å². The van der Waals surface area contributed by atoms with Crippen molar-refractivity contribution in [2.45, 2.75) is 297 Å². The molecule has 70 heavy (non-hydrogen) atoms. The fourth-order valence-electron chi connectivity index (χ4n) is 10.4. The van der Waals surface area contributed by atoms with E-state index in [1.165, 1.54) is 167 Å². The summed E-state index contributed by atoms with van der Waals surface area (Å²) in [6.45, 7) is 23.0. The van der Waals surface area contributed by atoms with Crippen molar-refractivity contribution < 1.29 is 29.3 Å². The van der Waals surface area contributed by atoms with Gasteiger partial charge in [0.2, 0.25) is 0 Å². The molecule has 10 heteroatoms. The highest BCUT2D eigenvalue weighted by Crippen LogP contribution is 2.18. The SMILES string of the molecule is CCCCCCCCCCN(CCCCC(=O)OCCN1CC(C)N(CCOC(=O)CCCCN(CCCCCCCCCC)CC(O)CCCCCCCC)CC1C)CC(O)CCCCCCCC. The first-order chi connectivity index (χ1) is 34.1. The van der Waals surface area contributed by atoms with Crippen molar-refractivity contribution in [2.75, 3.05) is 78.7 Å². The minimum absolute atomic E-state index is 0.104. The number of hydrogen-bond donors (Lipinski definition) is 2. The highest BCUT2D eigenvalue weighted by Gasteiger charge is 2.29. The van der Waals surface area contributed by atoms with Crippen LogP contribution in [0, 0.1) is 0 Å². The van der Waals surface area contributed by atoms with Gasteiger partial charge in [0.25, 0.3) is 0 Å². The average Bonchev–Trinajstić information content (AvgIpc) is 3.34. The van der Waals surface area contributed by atoms with Crippen LogP contribution < -0.4 is 0 Å². The Balaban J connectivity index is 2.36. The van der Waals surface area contributed by atoms with Gasteiger partial charge in [-0.3, -0.25) is 19.4 Å². The second-order valence-electron chi connectivity index (χ2n) is 22.0.